The van der Waals surface area contributed by atoms with Crippen LogP contribution in [0.1, 0.15) is 35.1 Å². The average molecular weight is 341 g/mol. The molecule has 1 aliphatic heterocycles. The number of halogens is 1. The van der Waals surface area contributed by atoms with E-state index in [0.717, 1.165) is 12.0 Å². The van der Waals surface area contributed by atoms with Crippen LogP contribution in [0.4, 0.5) is 4.39 Å². The molecule has 132 valence electrons. The van der Waals surface area contributed by atoms with Crippen LogP contribution in [0.15, 0.2) is 48.5 Å². The lowest BCUT2D eigenvalue weighted by molar-refractivity contribution is -0.142. The number of alkyl halides is 1. The van der Waals surface area contributed by atoms with Gasteiger partial charge in [-0.1, -0.05) is 48.5 Å². The summed E-state index contributed by atoms with van der Waals surface area (Å²) in [7, 11) is 1.36. The highest BCUT2D eigenvalue weighted by atomic mass is 19.1. The first kappa shape index (κ1) is 17.6. The van der Waals surface area contributed by atoms with Crippen LogP contribution in [0.5, 0.6) is 0 Å². The summed E-state index contributed by atoms with van der Waals surface area (Å²) in [6, 6.07) is 16.5. The van der Waals surface area contributed by atoms with E-state index in [4.69, 9.17) is 4.74 Å². The summed E-state index contributed by atoms with van der Waals surface area (Å²) in [4.78, 5) is 11.8. The van der Waals surface area contributed by atoms with Crippen molar-refractivity contribution in [2.24, 2.45) is 0 Å². The summed E-state index contributed by atoms with van der Waals surface area (Å²) < 4.78 is 18.7. The number of hydrogen-bond donors (Lipinski definition) is 1. The first-order valence-corrected chi connectivity index (χ1v) is 8.62. The average Bonchev–Trinajstić information content (AvgIpc) is 2.99. The van der Waals surface area contributed by atoms with Crippen LogP contribution in [0.2, 0.25) is 0 Å². The number of aryl methyl sites for hydroxylation is 1. The zero-order valence-corrected chi connectivity index (χ0v) is 14.7. The summed E-state index contributed by atoms with van der Waals surface area (Å²) >= 11 is 0. The van der Waals surface area contributed by atoms with Crippen LogP contribution in [0.25, 0.3) is 0 Å². The van der Waals surface area contributed by atoms with Crippen molar-refractivity contribution in [3.63, 3.8) is 0 Å². The number of hydrogen-bond acceptors (Lipinski definition) is 3. The van der Waals surface area contributed by atoms with Gasteiger partial charge in [0.05, 0.1) is 19.1 Å². The lowest BCUT2D eigenvalue weighted by Gasteiger charge is -2.29. The molecular weight excluding hydrogens is 317 g/mol. The summed E-state index contributed by atoms with van der Waals surface area (Å²) in [5.41, 5.74) is 4.02. The van der Waals surface area contributed by atoms with Crippen molar-refractivity contribution >= 4 is 5.97 Å². The smallest absolute Gasteiger partial charge is 0.307 e. The molecule has 3 nitrogen and oxygen atoms in total. The summed E-state index contributed by atoms with van der Waals surface area (Å²) in [5, 5.41) is 3.20. The number of rotatable bonds is 5. The highest BCUT2D eigenvalue weighted by Crippen LogP contribution is 2.36. The van der Waals surface area contributed by atoms with Gasteiger partial charge in [0.1, 0.15) is 6.17 Å². The van der Waals surface area contributed by atoms with Gasteiger partial charge in [-0.15, -0.1) is 0 Å². The first-order chi connectivity index (χ1) is 12.0. The van der Waals surface area contributed by atoms with Gasteiger partial charge in [0.2, 0.25) is 0 Å². The topological polar surface area (TPSA) is 38.3 Å². The number of carbonyl (C=O) groups is 1. The van der Waals surface area contributed by atoms with Gasteiger partial charge in [-0.3, -0.25) is 4.79 Å². The number of esters is 1. The minimum Gasteiger partial charge on any atom is -0.469 e. The second-order valence-corrected chi connectivity index (χ2v) is 6.82. The Morgan fingerprint density at radius 2 is 1.96 bits per heavy atom. The summed E-state index contributed by atoms with van der Waals surface area (Å²) in [5.74, 6) is -0.328. The third-order valence-corrected chi connectivity index (χ3v) is 5.07. The Morgan fingerprint density at radius 1 is 1.24 bits per heavy atom. The lowest BCUT2D eigenvalue weighted by atomic mass is 9.84. The van der Waals surface area contributed by atoms with Crippen molar-refractivity contribution in [1.29, 1.82) is 0 Å². The highest BCUT2D eigenvalue weighted by molar-refractivity contribution is 5.71. The molecule has 1 heterocycles. The Labute approximate surface area is 148 Å². The van der Waals surface area contributed by atoms with Crippen molar-refractivity contribution in [3.8, 4) is 0 Å². The van der Waals surface area contributed by atoms with Crippen molar-refractivity contribution in [2.45, 2.75) is 37.9 Å². The fourth-order valence-corrected chi connectivity index (χ4v) is 3.57. The first-order valence-electron chi connectivity index (χ1n) is 8.62. The van der Waals surface area contributed by atoms with Crippen LogP contribution in [0.3, 0.4) is 0 Å². The molecule has 4 heteroatoms. The molecule has 2 atom stereocenters. The SMILES string of the molecule is COC(=O)C[C@]1(c2ccc(Cc3ccccc3C)cc2)C[C@@H](F)CN1. The van der Waals surface area contributed by atoms with E-state index in [-0.39, 0.29) is 18.9 Å². The van der Waals surface area contributed by atoms with E-state index in [1.165, 1.54) is 23.8 Å². The number of nitrogens with one attached hydrogen (secondary N) is 1. The molecule has 1 fully saturated rings. The van der Waals surface area contributed by atoms with Gasteiger partial charge in [-0.2, -0.15) is 0 Å². The molecule has 0 saturated carbocycles. The lowest BCUT2D eigenvalue weighted by Crippen LogP contribution is -2.39. The monoisotopic (exact) mass is 341 g/mol. The maximum atomic E-state index is 13.9. The van der Waals surface area contributed by atoms with E-state index in [0.29, 0.717) is 6.42 Å². The fraction of sp³-hybridized carbons (Fsp3) is 0.381. The molecule has 0 aliphatic carbocycles. The van der Waals surface area contributed by atoms with Gasteiger partial charge in [-0.25, -0.2) is 4.39 Å². The van der Waals surface area contributed by atoms with Crippen LogP contribution in [0, 0.1) is 6.92 Å². The van der Waals surface area contributed by atoms with Gasteiger partial charge in [0.15, 0.2) is 0 Å². The van der Waals surface area contributed by atoms with E-state index in [2.05, 4.69) is 36.5 Å². The van der Waals surface area contributed by atoms with Crippen LogP contribution in [-0.2, 0) is 21.5 Å². The van der Waals surface area contributed by atoms with Gasteiger partial charge >= 0.3 is 5.97 Å². The molecule has 0 unspecified atom stereocenters. The summed E-state index contributed by atoms with van der Waals surface area (Å²) in [6.07, 6.45) is 0.340. The zero-order chi connectivity index (χ0) is 17.9. The Bertz CT molecular complexity index is 744. The van der Waals surface area contributed by atoms with Gasteiger partial charge in [-0.05, 0) is 35.6 Å². The second kappa shape index (κ2) is 7.36. The molecule has 0 aromatic heterocycles. The summed E-state index contributed by atoms with van der Waals surface area (Å²) in [6.45, 7) is 2.38. The number of methoxy groups -OCH3 is 1. The van der Waals surface area contributed by atoms with E-state index in [1.54, 1.807) is 0 Å². The van der Waals surface area contributed by atoms with Gasteiger partial charge in [0.25, 0.3) is 0 Å². The number of benzene rings is 2. The third kappa shape index (κ3) is 3.90. The Morgan fingerprint density at radius 3 is 2.56 bits per heavy atom. The van der Waals surface area contributed by atoms with Crippen molar-refractivity contribution in [1.82, 2.24) is 5.32 Å². The largest absolute Gasteiger partial charge is 0.469 e. The normalized spacial score (nSPS) is 22.8. The van der Waals surface area contributed by atoms with Crippen molar-refractivity contribution < 1.29 is 13.9 Å². The number of ether oxygens (including phenoxy) is 1. The highest BCUT2D eigenvalue weighted by Gasteiger charge is 2.42. The van der Waals surface area contributed by atoms with Gasteiger partial charge < -0.3 is 10.1 Å². The van der Waals surface area contributed by atoms with Crippen LogP contribution >= 0.6 is 0 Å². The fourth-order valence-electron chi connectivity index (χ4n) is 3.57. The predicted molar refractivity (Wildman–Crippen MR) is 96.3 cm³/mol. The Hall–Kier alpha value is -2.20. The molecule has 3 rings (SSSR count). The van der Waals surface area contributed by atoms with E-state index in [1.807, 2.05) is 24.3 Å². The van der Waals surface area contributed by atoms with Crippen molar-refractivity contribution in [2.75, 3.05) is 13.7 Å². The van der Waals surface area contributed by atoms with Crippen LogP contribution in [-0.4, -0.2) is 25.8 Å². The maximum absolute atomic E-state index is 13.9. The Balaban J connectivity index is 1.82. The van der Waals surface area contributed by atoms with Crippen molar-refractivity contribution in [3.05, 3.63) is 70.8 Å². The standard InChI is InChI=1S/C21H24FNO2/c1-15-5-3-4-6-17(15)11-16-7-9-18(10-8-16)21(13-20(24)25-2)12-19(22)14-23-21/h3-10,19,23H,11-14H2,1-2H3/t19-,21+/m1/s1. The molecule has 1 N–H and O–H groups in total. The van der Waals surface area contributed by atoms with E-state index in [9.17, 15) is 9.18 Å². The van der Waals surface area contributed by atoms with E-state index < -0.39 is 11.7 Å². The zero-order valence-electron chi connectivity index (χ0n) is 14.7. The van der Waals surface area contributed by atoms with Crippen LogP contribution < -0.4 is 5.32 Å². The molecule has 25 heavy (non-hydrogen) atoms. The number of carbonyl (C=O) groups excluding carboxylic acids is 1. The molecular formula is C21H24FNO2. The van der Waals surface area contributed by atoms with Gasteiger partial charge in [0, 0.05) is 13.0 Å². The minimum absolute atomic E-state index is 0.140. The second-order valence-electron chi connectivity index (χ2n) is 6.82. The molecule has 0 spiro atoms. The molecule has 2 aromatic carbocycles. The Kier molecular flexibility index (Phi) is 5.19. The molecule has 0 amide bonds. The molecule has 0 radical (unpaired) electrons. The maximum Gasteiger partial charge on any atom is 0.307 e. The quantitative estimate of drug-likeness (QED) is 0.843. The van der Waals surface area contributed by atoms with E-state index >= 15 is 0 Å². The molecule has 1 saturated heterocycles. The minimum atomic E-state index is -0.948. The predicted octanol–water partition coefficient (Wildman–Crippen LogP) is 3.68. The third-order valence-electron chi connectivity index (χ3n) is 5.07. The molecule has 1 aliphatic rings. The molecule has 2 aromatic rings. The molecule has 0 bridgehead atoms.